The van der Waals surface area contributed by atoms with Crippen LogP contribution in [0.4, 0.5) is 0 Å². The summed E-state index contributed by atoms with van der Waals surface area (Å²) < 4.78 is 0. The molecule has 0 unspecified atom stereocenters. The lowest BCUT2D eigenvalue weighted by Gasteiger charge is -2.07. The molecule has 0 spiro atoms. The van der Waals surface area contributed by atoms with Crippen molar-refractivity contribution in [2.24, 2.45) is 0 Å². The summed E-state index contributed by atoms with van der Waals surface area (Å²) in [7, 11) is 0. The van der Waals surface area contributed by atoms with Gasteiger partial charge in [-0.3, -0.25) is 4.79 Å². The van der Waals surface area contributed by atoms with Crippen LogP contribution in [0.15, 0.2) is 24.4 Å². The number of carbonyl (C=O) groups excluding carboxylic acids is 1. The van der Waals surface area contributed by atoms with Crippen LogP contribution in [0.1, 0.15) is 35.7 Å². The Balaban J connectivity index is 2.76. The second kappa shape index (κ2) is 3.29. The standard InChI is InChI=1S/C12H13NO/c1-8(2)11-6-9(7-14)5-10-3-4-13-12(10)11/h3-8,13H,1-2H3. The van der Waals surface area contributed by atoms with Crippen molar-refractivity contribution in [3.8, 4) is 0 Å². The SMILES string of the molecule is CC(C)c1cc(C=O)cc2cc[nH]c12. The van der Waals surface area contributed by atoms with Gasteiger partial charge in [-0.1, -0.05) is 13.8 Å². The molecule has 0 saturated carbocycles. The van der Waals surface area contributed by atoms with E-state index >= 15 is 0 Å². The maximum atomic E-state index is 10.7. The summed E-state index contributed by atoms with van der Waals surface area (Å²) in [5.41, 5.74) is 3.10. The summed E-state index contributed by atoms with van der Waals surface area (Å²) >= 11 is 0. The highest BCUT2D eigenvalue weighted by atomic mass is 16.1. The van der Waals surface area contributed by atoms with Crippen LogP contribution in [0.2, 0.25) is 0 Å². The van der Waals surface area contributed by atoms with E-state index in [1.165, 1.54) is 5.56 Å². The highest BCUT2D eigenvalue weighted by Gasteiger charge is 2.07. The van der Waals surface area contributed by atoms with E-state index in [1.807, 2.05) is 24.4 Å². The molecule has 0 bridgehead atoms. The molecule has 72 valence electrons. The lowest BCUT2D eigenvalue weighted by atomic mass is 9.98. The number of aldehydes is 1. The van der Waals surface area contributed by atoms with E-state index in [9.17, 15) is 4.79 Å². The number of carbonyl (C=O) groups is 1. The summed E-state index contributed by atoms with van der Waals surface area (Å²) in [6.07, 6.45) is 2.81. The first-order valence-electron chi connectivity index (χ1n) is 4.78. The van der Waals surface area contributed by atoms with Crippen molar-refractivity contribution >= 4 is 17.2 Å². The molecular formula is C12H13NO. The smallest absolute Gasteiger partial charge is 0.150 e. The number of benzene rings is 1. The third kappa shape index (κ3) is 1.33. The summed E-state index contributed by atoms with van der Waals surface area (Å²) in [5.74, 6) is 0.427. The van der Waals surface area contributed by atoms with Crippen LogP contribution in [0.3, 0.4) is 0 Å². The third-order valence-corrected chi connectivity index (χ3v) is 2.47. The van der Waals surface area contributed by atoms with Gasteiger partial charge in [-0.2, -0.15) is 0 Å². The van der Waals surface area contributed by atoms with Crippen molar-refractivity contribution in [3.05, 3.63) is 35.5 Å². The Morgan fingerprint density at radius 3 is 2.79 bits per heavy atom. The Kier molecular flexibility index (Phi) is 2.12. The fourth-order valence-electron chi connectivity index (χ4n) is 1.75. The van der Waals surface area contributed by atoms with Crippen molar-refractivity contribution in [3.63, 3.8) is 0 Å². The Labute approximate surface area is 82.9 Å². The monoisotopic (exact) mass is 187 g/mol. The molecule has 0 aliphatic heterocycles. The van der Waals surface area contributed by atoms with Gasteiger partial charge in [-0.25, -0.2) is 0 Å². The van der Waals surface area contributed by atoms with Gasteiger partial charge >= 0.3 is 0 Å². The quantitative estimate of drug-likeness (QED) is 0.720. The molecule has 0 aliphatic rings. The lowest BCUT2D eigenvalue weighted by molar-refractivity contribution is 0.112. The lowest BCUT2D eigenvalue weighted by Crippen LogP contribution is -1.92. The summed E-state index contributed by atoms with van der Waals surface area (Å²) in [4.78, 5) is 13.9. The molecule has 0 amide bonds. The first-order valence-corrected chi connectivity index (χ1v) is 4.78. The number of aromatic nitrogens is 1. The predicted molar refractivity (Wildman–Crippen MR) is 57.8 cm³/mol. The van der Waals surface area contributed by atoms with Gasteiger partial charge in [0.1, 0.15) is 6.29 Å². The third-order valence-electron chi connectivity index (χ3n) is 2.47. The molecule has 2 heteroatoms. The number of hydrogen-bond donors (Lipinski definition) is 1. The molecule has 1 aromatic heterocycles. The topological polar surface area (TPSA) is 32.9 Å². The van der Waals surface area contributed by atoms with Gasteiger partial charge in [-0.15, -0.1) is 0 Å². The van der Waals surface area contributed by atoms with Gasteiger partial charge in [0.25, 0.3) is 0 Å². The van der Waals surface area contributed by atoms with E-state index in [0.717, 1.165) is 22.8 Å². The fourth-order valence-corrected chi connectivity index (χ4v) is 1.75. The second-order valence-corrected chi connectivity index (χ2v) is 3.82. The molecule has 1 N–H and O–H groups in total. The van der Waals surface area contributed by atoms with Crippen LogP contribution in [0, 0.1) is 0 Å². The van der Waals surface area contributed by atoms with E-state index in [1.54, 1.807) is 0 Å². The largest absolute Gasteiger partial charge is 0.361 e. The molecule has 2 aromatic rings. The van der Waals surface area contributed by atoms with E-state index in [2.05, 4.69) is 18.8 Å². The van der Waals surface area contributed by atoms with Gasteiger partial charge < -0.3 is 4.98 Å². The Hall–Kier alpha value is -1.57. The van der Waals surface area contributed by atoms with Crippen LogP contribution in [-0.2, 0) is 0 Å². The van der Waals surface area contributed by atoms with Crippen LogP contribution in [0.25, 0.3) is 10.9 Å². The van der Waals surface area contributed by atoms with Gasteiger partial charge in [0.15, 0.2) is 0 Å². The highest BCUT2D eigenvalue weighted by molar-refractivity contribution is 5.89. The van der Waals surface area contributed by atoms with Crippen molar-refractivity contribution in [1.29, 1.82) is 0 Å². The van der Waals surface area contributed by atoms with E-state index < -0.39 is 0 Å². The maximum absolute atomic E-state index is 10.7. The van der Waals surface area contributed by atoms with Crippen LogP contribution in [-0.4, -0.2) is 11.3 Å². The van der Waals surface area contributed by atoms with Gasteiger partial charge in [-0.05, 0) is 29.7 Å². The van der Waals surface area contributed by atoms with E-state index in [-0.39, 0.29) is 0 Å². The molecule has 2 nitrogen and oxygen atoms in total. The molecule has 2 rings (SSSR count). The second-order valence-electron chi connectivity index (χ2n) is 3.82. The minimum atomic E-state index is 0.427. The minimum absolute atomic E-state index is 0.427. The first kappa shape index (κ1) is 9.00. The normalized spacial score (nSPS) is 11.1. The van der Waals surface area contributed by atoms with Crippen molar-refractivity contribution in [2.75, 3.05) is 0 Å². The zero-order chi connectivity index (χ0) is 10.1. The van der Waals surface area contributed by atoms with Crippen LogP contribution in [0.5, 0.6) is 0 Å². The van der Waals surface area contributed by atoms with Crippen LogP contribution >= 0.6 is 0 Å². The summed E-state index contributed by atoms with van der Waals surface area (Å²) in [6.45, 7) is 4.26. The zero-order valence-electron chi connectivity index (χ0n) is 8.37. The van der Waals surface area contributed by atoms with Crippen molar-refractivity contribution < 1.29 is 4.79 Å². The highest BCUT2D eigenvalue weighted by Crippen LogP contribution is 2.25. The Morgan fingerprint density at radius 2 is 2.14 bits per heavy atom. The number of nitrogens with one attached hydrogen (secondary N) is 1. The van der Waals surface area contributed by atoms with Crippen molar-refractivity contribution in [1.82, 2.24) is 4.98 Å². The first-order chi connectivity index (χ1) is 6.72. The molecule has 0 aliphatic carbocycles. The molecule has 0 atom stereocenters. The molecule has 1 aromatic carbocycles. The Morgan fingerprint density at radius 1 is 1.36 bits per heavy atom. The predicted octanol–water partition coefficient (Wildman–Crippen LogP) is 3.10. The molecule has 0 saturated heterocycles. The van der Waals surface area contributed by atoms with E-state index in [0.29, 0.717) is 5.92 Å². The molecular weight excluding hydrogens is 174 g/mol. The number of H-pyrrole nitrogens is 1. The van der Waals surface area contributed by atoms with E-state index in [4.69, 9.17) is 0 Å². The molecule has 1 heterocycles. The summed E-state index contributed by atoms with van der Waals surface area (Å²) in [5, 5.41) is 1.11. The van der Waals surface area contributed by atoms with Gasteiger partial charge in [0.2, 0.25) is 0 Å². The molecule has 0 radical (unpaired) electrons. The van der Waals surface area contributed by atoms with Gasteiger partial charge in [0.05, 0.1) is 0 Å². The minimum Gasteiger partial charge on any atom is -0.361 e. The summed E-state index contributed by atoms with van der Waals surface area (Å²) in [6, 6.07) is 5.86. The number of hydrogen-bond acceptors (Lipinski definition) is 1. The average Bonchev–Trinajstić information content (AvgIpc) is 2.63. The average molecular weight is 187 g/mol. The number of fused-ring (bicyclic) bond motifs is 1. The Bertz CT molecular complexity index is 468. The zero-order valence-corrected chi connectivity index (χ0v) is 8.37. The molecule has 14 heavy (non-hydrogen) atoms. The fraction of sp³-hybridized carbons (Fsp3) is 0.250. The number of aromatic amines is 1. The van der Waals surface area contributed by atoms with Crippen molar-refractivity contribution in [2.45, 2.75) is 19.8 Å². The maximum Gasteiger partial charge on any atom is 0.150 e. The van der Waals surface area contributed by atoms with Gasteiger partial charge in [0, 0.05) is 22.7 Å². The molecule has 0 fully saturated rings. The van der Waals surface area contributed by atoms with Crippen LogP contribution < -0.4 is 0 Å². The number of rotatable bonds is 2.